The monoisotopic (exact) mass is 492 g/mol. The van der Waals surface area contributed by atoms with Gasteiger partial charge in [-0.3, -0.25) is 9.78 Å². The average molecular weight is 493 g/mol. The molecule has 1 saturated heterocycles. The van der Waals surface area contributed by atoms with Crippen LogP contribution in [0.3, 0.4) is 0 Å². The molecule has 0 bridgehead atoms. The number of cyclic esters (lactones) is 1. The summed E-state index contributed by atoms with van der Waals surface area (Å²) < 4.78 is 24.4. The summed E-state index contributed by atoms with van der Waals surface area (Å²) in [4.78, 5) is 29.3. The molecule has 7 atom stereocenters. The minimum absolute atomic E-state index is 0.0646. The van der Waals surface area contributed by atoms with Crippen LogP contribution in [0.15, 0.2) is 48.7 Å². The van der Waals surface area contributed by atoms with Gasteiger partial charge in [0.2, 0.25) is 0 Å². The molecule has 3 fully saturated rings. The summed E-state index contributed by atoms with van der Waals surface area (Å²) in [5.74, 6) is 0.592. The Labute approximate surface area is 211 Å². The summed E-state index contributed by atoms with van der Waals surface area (Å²) in [7, 11) is 0. The number of nitrogens with zero attached hydrogens (tertiary/aromatic N) is 1. The van der Waals surface area contributed by atoms with Crippen LogP contribution in [0.2, 0.25) is 0 Å². The highest BCUT2D eigenvalue weighted by molar-refractivity contribution is 5.75. The number of amides is 1. The van der Waals surface area contributed by atoms with Crippen LogP contribution in [0.25, 0.3) is 17.2 Å². The van der Waals surface area contributed by atoms with Crippen molar-refractivity contribution >= 4 is 18.1 Å². The lowest BCUT2D eigenvalue weighted by Crippen LogP contribution is -2.48. The number of nitrogens with one attached hydrogen (secondary N) is 1. The molecule has 2 saturated carbocycles. The Morgan fingerprint density at radius 3 is 2.83 bits per heavy atom. The predicted octanol–water partition coefficient (Wildman–Crippen LogP) is 5.63. The lowest BCUT2D eigenvalue weighted by atomic mass is 9.57. The van der Waals surface area contributed by atoms with Gasteiger partial charge in [-0.15, -0.1) is 0 Å². The van der Waals surface area contributed by atoms with Crippen LogP contribution in [0.5, 0.6) is 0 Å². The number of pyridine rings is 1. The number of alkyl carbamates (subject to hydrolysis) is 1. The second-order valence-corrected chi connectivity index (χ2v) is 10.3. The third-order valence-electron chi connectivity index (χ3n) is 8.19. The topological polar surface area (TPSA) is 77.5 Å². The van der Waals surface area contributed by atoms with Crippen LogP contribution >= 0.6 is 0 Å². The van der Waals surface area contributed by atoms with E-state index < -0.39 is 0 Å². The number of hydrogen-bond donors (Lipinski definition) is 1. The van der Waals surface area contributed by atoms with Crippen molar-refractivity contribution < 1.29 is 23.5 Å². The minimum Gasteiger partial charge on any atom is -0.462 e. The fraction of sp³-hybridized carbons (Fsp3) is 0.483. The number of esters is 1. The summed E-state index contributed by atoms with van der Waals surface area (Å²) in [5, 5.41) is 3.03. The van der Waals surface area contributed by atoms with Gasteiger partial charge in [-0.2, -0.15) is 0 Å². The molecule has 1 N–H and O–H groups in total. The van der Waals surface area contributed by atoms with Crippen molar-refractivity contribution in [3.05, 3.63) is 60.2 Å². The number of carbonyl (C=O) groups excluding carboxylic acids is 2. The third kappa shape index (κ3) is 5.01. The fourth-order valence-electron chi connectivity index (χ4n) is 6.61. The van der Waals surface area contributed by atoms with Crippen LogP contribution in [0.1, 0.15) is 45.2 Å². The van der Waals surface area contributed by atoms with Gasteiger partial charge in [0.25, 0.3) is 0 Å². The summed E-state index contributed by atoms with van der Waals surface area (Å²) >= 11 is 0. The summed E-state index contributed by atoms with van der Waals surface area (Å²) in [6, 6.07) is 10.4. The lowest BCUT2D eigenvalue weighted by molar-refractivity contribution is -0.144. The smallest absolute Gasteiger partial charge is 0.407 e. The minimum atomic E-state index is -0.364. The molecule has 2 aliphatic carbocycles. The zero-order valence-electron chi connectivity index (χ0n) is 20.7. The molecule has 6 nitrogen and oxygen atoms in total. The summed E-state index contributed by atoms with van der Waals surface area (Å²) in [6.07, 6.45) is 9.05. The predicted molar refractivity (Wildman–Crippen MR) is 134 cm³/mol. The van der Waals surface area contributed by atoms with E-state index in [9.17, 15) is 14.0 Å². The maximum atomic E-state index is 13.6. The van der Waals surface area contributed by atoms with Gasteiger partial charge in [-0.25, -0.2) is 9.18 Å². The second kappa shape index (κ2) is 10.4. The van der Waals surface area contributed by atoms with Gasteiger partial charge in [-0.1, -0.05) is 24.3 Å². The molecule has 7 heteroatoms. The van der Waals surface area contributed by atoms with Gasteiger partial charge in [0, 0.05) is 23.7 Å². The van der Waals surface area contributed by atoms with Crippen molar-refractivity contribution in [1.29, 1.82) is 0 Å². The molecule has 5 rings (SSSR count). The van der Waals surface area contributed by atoms with Gasteiger partial charge in [0.1, 0.15) is 11.9 Å². The van der Waals surface area contributed by atoms with Crippen LogP contribution in [-0.2, 0) is 14.3 Å². The fourth-order valence-corrected chi connectivity index (χ4v) is 6.61. The Balaban J connectivity index is 1.37. The largest absolute Gasteiger partial charge is 0.462 e. The Hall–Kier alpha value is -3.22. The number of halogens is 1. The Morgan fingerprint density at radius 2 is 2.08 bits per heavy atom. The van der Waals surface area contributed by atoms with Gasteiger partial charge in [-0.05, 0) is 87.1 Å². The third-order valence-corrected chi connectivity index (χ3v) is 8.19. The highest BCUT2D eigenvalue weighted by atomic mass is 19.1. The molecule has 1 aromatic heterocycles. The normalized spacial score (nSPS) is 31.4. The molecule has 2 aromatic rings. The van der Waals surface area contributed by atoms with Crippen molar-refractivity contribution in [2.24, 2.45) is 29.6 Å². The van der Waals surface area contributed by atoms with E-state index in [4.69, 9.17) is 9.47 Å². The Kier molecular flexibility index (Phi) is 7.08. The molecular formula is C29H33FN2O4. The maximum absolute atomic E-state index is 13.6. The standard InChI is InChI=1S/C29H33FN2O4/c1-3-35-29(34)32-23-10-7-19-14-26-27(17(2)36-28(26)33)24(25(19)15-23)12-11-22-9-8-20(16-31-22)18-5-4-6-21(30)13-18/h4-6,8-9,11-13,16-17,19,23-27H,3,7,10,14-15H2,1-2H3,(H,32,34)/b12-11+/t17-,19+,23+,24+,25-,26-,27+/m1/s1. The van der Waals surface area contributed by atoms with Gasteiger partial charge < -0.3 is 14.8 Å². The molecule has 0 radical (unpaired) electrons. The first-order chi connectivity index (χ1) is 17.4. The van der Waals surface area contributed by atoms with Crippen molar-refractivity contribution in [2.45, 2.75) is 51.7 Å². The van der Waals surface area contributed by atoms with Crippen molar-refractivity contribution in [3.63, 3.8) is 0 Å². The van der Waals surface area contributed by atoms with Crippen molar-refractivity contribution in [3.8, 4) is 11.1 Å². The highest BCUT2D eigenvalue weighted by Gasteiger charge is 2.54. The van der Waals surface area contributed by atoms with Crippen LogP contribution in [0, 0.1) is 35.4 Å². The van der Waals surface area contributed by atoms with E-state index in [1.165, 1.54) is 12.1 Å². The highest BCUT2D eigenvalue weighted by Crippen LogP contribution is 2.53. The molecule has 0 unspecified atom stereocenters. The summed E-state index contributed by atoms with van der Waals surface area (Å²) in [5.41, 5.74) is 2.45. The molecule has 3 aliphatic rings. The zero-order chi connectivity index (χ0) is 25.2. The van der Waals surface area contributed by atoms with E-state index in [0.717, 1.165) is 42.5 Å². The SMILES string of the molecule is CCOC(=O)N[C@H]1CC[C@H]2C[C@H]3C(=O)O[C@H](C)[C@H]3[C@@H](/C=C/c3ccc(-c4cccc(F)c4)cn3)[C@@H]2C1. The molecule has 190 valence electrons. The van der Waals surface area contributed by atoms with Crippen LogP contribution in [-0.4, -0.2) is 35.8 Å². The number of allylic oxidation sites excluding steroid dienone is 1. The van der Waals surface area contributed by atoms with E-state index in [-0.39, 0.29) is 47.8 Å². The molecule has 2 heterocycles. The molecule has 1 amide bonds. The molecular weight excluding hydrogens is 459 g/mol. The van der Waals surface area contributed by atoms with E-state index in [1.54, 1.807) is 19.2 Å². The van der Waals surface area contributed by atoms with Crippen LogP contribution in [0.4, 0.5) is 9.18 Å². The number of hydrogen-bond acceptors (Lipinski definition) is 5. The van der Waals surface area contributed by atoms with E-state index >= 15 is 0 Å². The second-order valence-electron chi connectivity index (χ2n) is 10.3. The van der Waals surface area contributed by atoms with E-state index in [1.807, 2.05) is 31.2 Å². The quantitative estimate of drug-likeness (QED) is 0.548. The van der Waals surface area contributed by atoms with E-state index in [0.29, 0.717) is 18.4 Å². The van der Waals surface area contributed by atoms with Gasteiger partial charge >= 0.3 is 12.1 Å². The first-order valence-electron chi connectivity index (χ1n) is 13.0. The van der Waals surface area contributed by atoms with Crippen molar-refractivity contribution in [2.75, 3.05) is 6.61 Å². The van der Waals surface area contributed by atoms with Crippen molar-refractivity contribution in [1.82, 2.24) is 10.3 Å². The molecule has 1 aliphatic heterocycles. The van der Waals surface area contributed by atoms with Gasteiger partial charge in [0.15, 0.2) is 0 Å². The first-order valence-corrected chi connectivity index (χ1v) is 13.0. The van der Waals surface area contributed by atoms with E-state index in [2.05, 4.69) is 16.4 Å². The number of rotatable bonds is 5. The number of fused-ring (bicyclic) bond motifs is 2. The lowest BCUT2D eigenvalue weighted by Gasteiger charge is -2.47. The van der Waals surface area contributed by atoms with Gasteiger partial charge in [0.05, 0.1) is 18.2 Å². The Bertz CT molecular complexity index is 1130. The Morgan fingerprint density at radius 1 is 1.22 bits per heavy atom. The maximum Gasteiger partial charge on any atom is 0.407 e. The first kappa shape index (κ1) is 24.5. The zero-order valence-corrected chi connectivity index (χ0v) is 20.7. The molecule has 0 spiro atoms. The number of carbonyl (C=O) groups is 2. The summed E-state index contributed by atoms with van der Waals surface area (Å²) in [6.45, 7) is 4.14. The average Bonchev–Trinajstić information content (AvgIpc) is 3.15. The number of aromatic nitrogens is 1. The van der Waals surface area contributed by atoms with Crippen LogP contribution < -0.4 is 5.32 Å². The molecule has 1 aromatic carbocycles. The number of benzene rings is 1. The number of ether oxygens (including phenoxy) is 2. The molecule has 36 heavy (non-hydrogen) atoms.